The van der Waals surface area contributed by atoms with Crippen LogP contribution < -0.4 is 10.6 Å². The molecule has 1 unspecified atom stereocenters. The van der Waals surface area contributed by atoms with E-state index in [0.717, 1.165) is 6.07 Å². The number of nitrogens with one attached hydrogen (secondary N) is 2. The van der Waals surface area contributed by atoms with E-state index in [0.29, 0.717) is 36.2 Å². The SMILES string of the molecule is CN=C(NCCc1nc(C(C)C)no1)NC(C)c1ccc(F)c(F)c1.I. The Labute approximate surface area is 168 Å². The minimum absolute atomic E-state index is 0. The van der Waals surface area contributed by atoms with Crippen molar-refractivity contribution >= 4 is 29.9 Å². The van der Waals surface area contributed by atoms with Crippen molar-refractivity contribution < 1.29 is 13.3 Å². The van der Waals surface area contributed by atoms with E-state index in [-0.39, 0.29) is 35.9 Å². The lowest BCUT2D eigenvalue weighted by Gasteiger charge is -2.18. The average molecular weight is 479 g/mol. The molecule has 0 aliphatic heterocycles. The second-order valence-corrected chi connectivity index (χ2v) is 5.99. The average Bonchev–Trinajstić information content (AvgIpc) is 3.05. The summed E-state index contributed by atoms with van der Waals surface area (Å²) >= 11 is 0. The van der Waals surface area contributed by atoms with Gasteiger partial charge in [-0.15, -0.1) is 24.0 Å². The van der Waals surface area contributed by atoms with Crippen molar-refractivity contribution in [1.82, 2.24) is 20.8 Å². The summed E-state index contributed by atoms with van der Waals surface area (Å²) in [6.07, 6.45) is 0.556. The Morgan fingerprint density at radius 1 is 1.23 bits per heavy atom. The fraction of sp³-hybridized carbons (Fsp3) is 0.471. The molecule has 1 aromatic carbocycles. The summed E-state index contributed by atoms with van der Waals surface area (Å²) in [6.45, 7) is 6.38. The molecule has 0 aliphatic rings. The molecule has 9 heteroatoms. The third-order valence-corrected chi connectivity index (χ3v) is 3.65. The molecular formula is C17H24F2IN5O. The molecule has 0 spiro atoms. The van der Waals surface area contributed by atoms with Crippen molar-refractivity contribution in [2.75, 3.05) is 13.6 Å². The molecule has 1 atom stereocenters. The number of aliphatic imine (C=N–C) groups is 1. The van der Waals surface area contributed by atoms with Crippen molar-refractivity contribution in [1.29, 1.82) is 0 Å². The van der Waals surface area contributed by atoms with Gasteiger partial charge >= 0.3 is 0 Å². The maximum atomic E-state index is 13.3. The number of hydrogen-bond donors (Lipinski definition) is 2. The maximum Gasteiger partial charge on any atom is 0.228 e. The number of halogens is 3. The van der Waals surface area contributed by atoms with Crippen molar-refractivity contribution in [3.63, 3.8) is 0 Å². The number of hydrogen-bond acceptors (Lipinski definition) is 4. The van der Waals surface area contributed by atoms with E-state index in [1.54, 1.807) is 7.05 Å². The predicted molar refractivity (Wildman–Crippen MR) is 107 cm³/mol. The highest BCUT2D eigenvalue weighted by Crippen LogP contribution is 2.15. The van der Waals surface area contributed by atoms with Gasteiger partial charge < -0.3 is 15.2 Å². The lowest BCUT2D eigenvalue weighted by molar-refractivity contribution is 0.371. The molecule has 2 N–H and O–H groups in total. The highest BCUT2D eigenvalue weighted by Gasteiger charge is 2.12. The van der Waals surface area contributed by atoms with Gasteiger partial charge in [-0.25, -0.2) is 8.78 Å². The van der Waals surface area contributed by atoms with Crippen molar-refractivity contribution in [3.8, 4) is 0 Å². The molecule has 0 saturated carbocycles. The van der Waals surface area contributed by atoms with Gasteiger partial charge in [-0.2, -0.15) is 4.98 Å². The normalized spacial score (nSPS) is 12.7. The van der Waals surface area contributed by atoms with E-state index < -0.39 is 11.6 Å². The zero-order chi connectivity index (χ0) is 18.4. The molecule has 0 radical (unpaired) electrons. The number of rotatable bonds is 6. The quantitative estimate of drug-likeness (QED) is 0.377. The first-order valence-corrected chi connectivity index (χ1v) is 8.15. The summed E-state index contributed by atoms with van der Waals surface area (Å²) in [5, 5.41) is 10.2. The van der Waals surface area contributed by atoms with Gasteiger partial charge in [-0.1, -0.05) is 25.1 Å². The first kappa shape index (κ1) is 22.3. The maximum absolute atomic E-state index is 13.3. The van der Waals surface area contributed by atoms with Crippen LogP contribution in [0.2, 0.25) is 0 Å². The lowest BCUT2D eigenvalue weighted by atomic mass is 10.1. The fourth-order valence-electron chi connectivity index (χ4n) is 2.16. The molecule has 1 heterocycles. The van der Waals surface area contributed by atoms with Gasteiger partial charge in [-0.05, 0) is 24.6 Å². The molecule has 2 aromatic rings. The summed E-state index contributed by atoms with van der Waals surface area (Å²) in [4.78, 5) is 8.42. The zero-order valence-corrected chi connectivity index (χ0v) is 17.5. The topological polar surface area (TPSA) is 75.3 Å². The van der Waals surface area contributed by atoms with E-state index >= 15 is 0 Å². The molecule has 1 aromatic heterocycles. The molecule has 0 amide bonds. The van der Waals surface area contributed by atoms with Crippen molar-refractivity contribution in [2.24, 2.45) is 4.99 Å². The highest BCUT2D eigenvalue weighted by molar-refractivity contribution is 14.0. The lowest BCUT2D eigenvalue weighted by Crippen LogP contribution is -2.39. The largest absolute Gasteiger partial charge is 0.356 e. The van der Waals surface area contributed by atoms with Gasteiger partial charge in [0.05, 0.1) is 6.04 Å². The van der Waals surface area contributed by atoms with Crippen LogP contribution >= 0.6 is 24.0 Å². The molecule has 0 fully saturated rings. The minimum atomic E-state index is -0.869. The van der Waals surface area contributed by atoms with Crippen LogP contribution in [0.5, 0.6) is 0 Å². The molecule has 26 heavy (non-hydrogen) atoms. The number of guanidine groups is 1. The van der Waals surface area contributed by atoms with Crippen LogP contribution in [0.15, 0.2) is 27.7 Å². The van der Waals surface area contributed by atoms with Gasteiger partial charge in [0.1, 0.15) is 0 Å². The van der Waals surface area contributed by atoms with E-state index in [1.165, 1.54) is 12.1 Å². The molecule has 6 nitrogen and oxygen atoms in total. The monoisotopic (exact) mass is 479 g/mol. The smallest absolute Gasteiger partial charge is 0.228 e. The third kappa shape index (κ3) is 6.19. The fourth-order valence-corrected chi connectivity index (χ4v) is 2.16. The standard InChI is InChI=1S/C17H23F2N5O.HI/c1-10(2)16-23-15(25-24-16)7-8-21-17(20-4)22-11(3)12-5-6-13(18)14(19)9-12;/h5-6,9-11H,7-8H2,1-4H3,(H2,20,21,22);1H. The van der Waals surface area contributed by atoms with Crippen LogP contribution in [0.3, 0.4) is 0 Å². The summed E-state index contributed by atoms with van der Waals surface area (Å²) in [6, 6.07) is 3.58. The second-order valence-electron chi connectivity index (χ2n) is 5.99. The minimum Gasteiger partial charge on any atom is -0.356 e. The molecule has 2 rings (SSSR count). The molecule has 0 bridgehead atoms. The van der Waals surface area contributed by atoms with E-state index in [1.807, 2.05) is 20.8 Å². The van der Waals surface area contributed by atoms with Gasteiger partial charge in [0.2, 0.25) is 5.89 Å². The van der Waals surface area contributed by atoms with Crippen LogP contribution in [0.25, 0.3) is 0 Å². The van der Waals surface area contributed by atoms with Crippen LogP contribution in [0.1, 0.15) is 50.0 Å². The summed E-state index contributed by atoms with van der Waals surface area (Å²) in [7, 11) is 1.64. The van der Waals surface area contributed by atoms with Crippen LogP contribution in [-0.2, 0) is 6.42 Å². The summed E-state index contributed by atoms with van der Waals surface area (Å²) < 4.78 is 31.5. The van der Waals surface area contributed by atoms with Gasteiger partial charge in [0.25, 0.3) is 0 Å². The summed E-state index contributed by atoms with van der Waals surface area (Å²) in [5.74, 6) is 0.271. The Bertz CT molecular complexity index is 736. The molecule has 0 saturated heterocycles. The van der Waals surface area contributed by atoms with Crippen LogP contribution in [-0.4, -0.2) is 29.7 Å². The van der Waals surface area contributed by atoms with Gasteiger partial charge in [0, 0.05) is 25.9 Å². The Morgan fingerprint density at radius 2 is 1.96 bits per heavy atom. The number of nitrogens with zero attached hydrogens (tertiary/aromatic N) is 3. The Morgan fingerprint density at radius 3 is 2.54 bits per heavy atom. The van der Waals surface area contributed by atoms with Crippen molar-refractivity contribution in [3.05, 3.63) is 47.1 Å². The zero-order valence-electron chi connectivity index (χ0n) is 15.2. The second kappa shape index (κ2) is 10.4. The Hall–Kier alpha value is -1.78. The first-order valence-electron chi connectivity index (χ1n) is 8.15. The van der Waals surface area contributed by atoms with Crippen LogP contribution in [0, 0.1) is 11.6 Å². The Kier molecular flexibility index (Phi) is 8.89. The predicted octanol–water partition coefficient (Wildman–Crippen LogP) is 3.56. The third-order valence-electron chi connectivity index (χ3n) is 3.65. The van der Waals surface area contributed by atoms with E-state index in [4.69, 9.17) is 4.52 Å². The molecule has 0 aliphatic carbocycles. The first-order chi connectivity index (χ1) is 11.9. The van der Waals surface area contributed by atoms with Gasteiger partial charge in [-0.3, -0.25) is 4.99 Å². The number of aromatic nitrogens is 2. The summed E-state index contributed by atoms with van der Waals surface area (Å²) in [5.41, 5.74) is 0.625. The highest BCUT2D eigenvalue weighted by atomic mass is 127. The van der Waals surface area contributed by atoms with E-state index in [2.05, 4.69) is 25.8 Å². The number of benzene rings is 1. The van der Waals surface area contributed by atoms with Crippen LogP contribution in [0.4, 0.5) is 8.78 Å². The van der Waals surface area contributed by atoms with E-state index in [9.17, 15) is 8.78 Å². The molecule has 144 valence electrons. The Balaban J connectivity index is 0.00000338. The molecular weight excluding hydrogens is 455 g/mol. The van der Waals surface area contributed by atoms with Gasteiger partial charge in [0.15, 0.2) is 23.4 Å². The van der Waals surface area contributed by atoms with Crippen molar-refractivity contribution in [2.45, 2.75) is 39.2 Å².